The van der Waals surface area contributed by atoms with E-state index in [0.717, 1.165) is 12.2 Å². The van der Waals surface area contributed by atoms with Gasteiger partial charge in [-0.25, -0.2) is 0 Å². The third-order valence-corrected chi connectivity index (χ3v) is 5.65. The SMILES string of the molecule is C/C=C(/O[Si](C)(C)C)C1CC2C(C)=CC1C(=O)C2(C)C. The zero-order valence-corrected chi connectivity index (χ0v) is 14.9. The predicted octanol–water partition coefficient (Wildman–Crippen LogP) is 4.55. The zero-order chi connectivity index (χ0) is 15.3. The van der Waals surface area contributed by atoms with Crippen LogP contribution in [0.15, 0.2) is 23.5 Å². The molecule has 0 aromatic carbocycles. The molecule has 0 aromatic heterocycles. The maximum Gasteiger partial charge on any atom is 0.241 e. The number of fused-ring (bicyclic) bond motifs is 2. The Morgan fingerprint density at radius 2 is 2.00 bits per heavy atom. The van der Waals surface area contributed by atoms with E-state index in [4.69, 9.17) is 4.43 Å². The predicted molar refractivity (Wildman–Crippen MR) is 85.8 cm³/mol. The van der Waals surface area contributed by atoms with Crippen molar-refractivity contribution in [2.24, 2.45) is 23.2 Å². The molecule has 1 fully saturated rings. The smallest absolute Gasteiger partial charge is 0.241 e. The average molecular weight is 292 g/mol. The van der Waals surface area contributed by atoms with Crippen LogP contribution in [0.3, 0.4) is 0 Å². The summed E-state index contributed by atoms with van der Waals surface area (Å²) >= 11 is 0. The van der Waals surface area contributed by atoms with Gasteiger partial charge in [0.2, 0.25) is 8.32 Å². The van der Waals surface area contributed by atoms with Gasteiger partial charge in [-0.3, -0.25) is 4.79 Å². The first kappa shape index (κ1) is 15.6. The lowest BCUT2D eigenvalue weighted by Crippen LogP contribution is -2.50. The summed E-state index contributed by atoms with van der Waals surface area (Å²) in [6, 6.07) is 0. The molecule has 3 aliphatic carbocycles. The van der Waals surface area contributed by atoms with Gasteiger partial charge in [0.15, 0.2) is 0 Å². The number of carbonyl (C=O) groups is 1. The van der Waals surface area contributed by atoms with Crippen LogP contribution in [0.4, 0.5) is 0 Å². The first-order valence-corrected chi connectivity index (χ1v) is 11.1. The van der Waals surface area contributed by atoms with Crippen molar-refractivity contribution < 1.29 is 9.22 Å². The Morgan fingerprint density at radius 1 is 1.40 bits per heavy atom. The van der Waals surface area contributed by atoms with Crippen LogP contribution in [0.25, 0.3) is 0 Å². The van der Waals surface area contributed by atoms with Gasteiger partial charge in [-0.1, -0.05) is 31.6 Å². The molecule has 3 atom stereocenters. The first-order valence-electron chi connectivity index (χ1n) is 7.65. The number of ketones is 1. The fourth-order valence-corrected chi connectivity index (χ4v) is 4.80. The van der Waals surface area contributed by atoms with Gasteiger partial charge < -0.3 is 4.43 Å². The van der Waals surface area contributed by atoms with E-state index in [-0.39, 0.29) is 17.3 Å². The molecular weight excluding hydrogens is 264 g/mol. The molecule has 0 N–H and O–H groups in total. The van der Waals surface area contributed by atoms with Crippen LogP contribution in [0.1, 0.15) is 34.1 Å². The fourth-order valence-electron chi connectivity index (χ4n) is 3.82. The van der Waals surface area contributed by atoms with Gasteiger partial charge in [0.1, 0.15) is 5.78 Å². The summed E-state index contributed by atoms with van der Waals surface area (Å²) < 4.78 is 6.25. The molecule has 0 heterocycles. The van der Waals surface area contributed by atoms with E-state index in [9.17, 15) is 4.79 Å². The minimum absolute atomic E-state index is 0.0116. The molecule has 2 nitrogen and oxygen atoms in total. The molecule has 0 amide bonds. The maximum absolute atomic E-state index is 12.7. The Balaban J connectivity index is 2.32. The van der Waals surface area contributed by atoms with E-state index in [1.54, 1.807) is 0 Å². The molecular formula is C17H28O2Si. The highest BCUT2D eigenvalue weighted by molar-refractivity contribution is 6.70. The highest BCUT2D eigenvalue weighted by Crippen LogP contribution is 2.53. The summed E-state index contributed by atoms with van der Waals surface area (Å²) in [4.78, 5) is 12.7. The number of hydrogen-bond donors (Lipinski definition) is 0. The maximum atomic E-state index is 12.7. The Kier molecular flexibility index (Phi) is 3.78. The summed E-state index contributed by atoms with van der Waals surface area (Å²) in [7, 11) is -1.63. The van der Waals surface area contributed by atoms with E-state index in [0.29, 0.717) is 11.7 Å². The molecule has 112 valence electrons. The monoisotopic (exact) mass is 292 g/mol. The Labute approximate surface area is 124 Å². The molecule has 0 radical (unpaired) electrons. The molecule has 2 bridgehead atoms. The quantitative estimate of drug-likeness (QED) is 0.433. The van der Waals surface area contributed by atoms with Crippen molar-refractivity contribution in [2.75, 3.05) is 0 Å². The molecule has 3 heteroatoms. The number of Topliss-reactive ketones (excluding diaryl/α,β-unsaturated/α-hetero) is 1. The topological polar surface area (TPSA) is 26.3 Å². The van der Waals surface area contributed by atoms with Crippen LogP contribution in [-0.2, 0) is 9.22 Å². The standard InChI is InChI=1S/C17H28O2Si/c1-8-15(19-20(5,6)7)12-10-14-11(2)9-13(12)16(18)17(14,3)4/h8-9,12-14H,10H2,1-7H3/b15-8+. The summed E-state index contributed by atoms with van der Waals surface area (Å²) in [5, 5.41) is 0. The van der Waals surface area contributed by atoms with Gasteiger partial charge in [-0.2, -0.15) is 0 Å². The average Bonchev–Trinajstić information content (AvgIpc) is 2.31. The van der Waals surface area contributed by atoms with Crippen LogP contribution in [0.5, 0.6) is 0 Å². The third kappa shape index (κ3) is 2.52. The van der Waals surface area contributed by atoms with Crippen LogP contribution < -0.4 is 0 Å². The highest BCUT2D eigenvalue weighted by atomic mass is 28.4. The van der Waals surface area contributed by atoms with Gasteiger partial charge in [-0.05, 0) is 45.8 Å². The zero-order valence-electron chi connectivity index (χ0n) is 13.9. The summed E-state index contributed by atoms with van der Waals surface area (Å²) in [5.41, 5.74) is 1.18. The minimum atomic E-state index is -1.63. The van der Waals surface area contributed by atoms with Crippen molar-refractivity contribution in [3.05, 3.63) is 23.5 Å². The Hall–Kier alpha value is -0.833. The Morgan fingerprint density at radius 3 is 2.50 bits per heavy atom. The number of rotatable bonds is 3. The highest BCUT2D eigenvalue weighted by Gasteiger charge is 2.53. The molecule has 0 spiro atoms. The Bertz CT molecular complexity index is 480. The lowest BCUT2D eigenvalue weighted by atomic mass is 9.53. The third-order valence-electron chi connectivity index (χ3n) is 4.80. The number of carbonyl (C=O) groups excluding carboxylic acids is 1. The van der Waals surface area contributed by atoms with E-state index >= 15 is 0 Å². The molecule has 3 unspecified atom stereocenters. The normalized spacial score (nSPS) is 33.1. The first-order chi connectivity index (χ1) is 9.08. The van der Waals surface area contributed by atoms with Gasteiger partial charge >= 0.3 is 0 Å². The van der Waals surface area contributed by atoms with Gasteiger partial charge in [0, 0.05) is 17.3 Å². The second-order valence-electron chi connectivity index (χ2n) is 7.82. The van der Waals surface area contributed by atoms with Crippen molar-refractivity contribution in [3.8, 4) is 0 Å². The molecule has 0 aliphatic heterocycles. The molecule has 3 rings (SSSR count). The summed E-state index contributed by atoms with van der Waals surface area (Å²) in [5.74, 6) is 2.07. The van der Waals surface area contributed by atoms with Crippen LogP contribution in [-0.4, -0.2) is 14.1 Å². The lowest BCUT2D eigenvalue weighted by molar-refractivity contribution is -0.139. The van der Waals surface area contributed by atoms with Crippen molar-refractivity contribution in [3.63, 3.8) is 0 Å². The fraction of sp³-hybridized carbons (Fsp3) is 0.706. The largest absolute Gasteiger partial charge is 0.547 e. The van der Waals surface area contributed by atoms with Gasteiger partial charge in [0.05, 0.1) is 5.76 Å². The van der Waals surface area contributed by atoms with Crippen molar-refractivity contribution in [1.82, 2.24) is 0 Å². The van der Waals surface area contributed by atoms with E-state index in [2.05, 4.69) is 52.6 Å². The van der Waals surface area contributed by atoms with Crippen LogP contribution >= 0.6 is 0 Å². The number of allylic oxidation sites excluding steroid dienone is 4. The van der Waals surface area contributed by atoms with E-state index in [1.165, 1.54) is 5.57 Å². The van der Waals surface area contributed by atoms with Crippen LogP contribution in [0, 0.1) is 23.2 Å². The molecule has 0 aromatic rings. The van der Waals surface area contributed by atoms with Gasteiger partial charge in [-0.15, -0.1) is 0 Å². The van der Waals surface area contributed by atoms with Crippen molar-refractivity contribution >= 4 is 14.1 Å². The molecule has 3 aliphatic rings. The molecule has 0 saturated heterocycles. The summed E-state index contributed by atoms with van der Waals surface area (Å²) in [6.45, 7) is 15.0. The van der Waals surface area contributed by atoms with E-state index < -0.39 is 8.32 Å². The van der Waals surface area contributed by atoms with E-state index in [1.807, 2.05) is 6.92 Å². The van der Waals surface area contributed by atoms with Crippen molar-refractivity contribution in [1.29, 1.82) is 0 Å². The molecule has 1 saturated carbocycles. The number of hydrogen-bond acceptors (Lipinski definition) is 2. The molecule has 20 heavy (non-hydrogen) atoms. The second-order valence-corrected chi connectivity index (χ2v) is 12.3. The van der Waals surface area contributed by atoms with Crippen LogP contribution in [0.2, 0.25) is 19.6 Å². The minimum Gasteiger partial charge on any atom is -0.547 e. The summed E-state index contributed by atoms with van der Waals surface area (Å²) in [6.07, 6.45) is 5.33. The second kappa shape index (κ2) is 4.87. The lowest BCUT2D eigenvalue weighted by Gasteiger charge is -2.50. The van der Waals surface area contributed by atoms with Crippen molar-refractivity contribution in [2.45, 2.75) is 53.8 Å². The van der Waals surface area contributed by atoms with Gasteiger partial charge in [0.25, 0.3) is 0 Å².